The van der Waals surface area contributed by atoms with Crippen LogP contribution in [-0.2, 0) is 16.4 Å². The Bertz CT molecular complexity index is 1720. The molecule has 3 aromatic carbocycles. The Morgan fingerprint density at radius 1 is 1.11 bits per heavy atom. The van der Waals surface area contributed by atoms with E-state index in [1.165, 1.54) is 12.1 Å². The van der Waals surface area contributed by atoms with Crippen molar-refractivity contribution in [2.75, 3.05) is 17.7 Å². The molecule has 1 heterocycles. The number of aromatic amines is 1. The van der Waals surface area contributed by atoms with Crippen molar-refractivity contribution in [2.45, 2.75) is 25.6 Å². The minimum atomic E-state index is -3.83. The first-order valence-corrected chi connectivity index (χ1v) is 13.7. The topological polar surface area (TPSA) is 100 Å². The standard InChI is InChI=1S/C29H26FN3O4S/c1-5-14-33(17-22-16-25-26(15-18(22)2)31-19(3)32-29(25)35)24-12-8-20(9-13-24)27(34)28(38(4,36)37)21-6-10-23(30)11-7-21/h1,6-13,15-16,28H,14,17H2,2-4H3,(H,31,32,35). The van der Waals surface area contributed by atoms with E-state index in [9.17, 15) is 22.4 Å². The fraction of sp³-hybridized carbons (Fsp3) is 0.207. The van der Waals surface area contributed by atoms with Crippen LogP contribution in [-0.4, -0.2) is 37.0 Å². The number of carbonyl (C=O) groups excluding carboxylic acids is 1. The molecule has 0 saturated heterocycles. The first-order valence-electron chi connectivity index (χ1n) is 11.7. The van der Waals surface area contributed by atoms with Gasteiger partial charge in [0.25, 0.3) is 5.56 Å². The van der Waals surface area contributed by atoms with Crippen molar-refractivity contribution in [3.05, 3.63) is 105 Å². The monoisotopic (exact) mass is 531 g/mol. The van der Waals surface area contributed by atoms with E-state index in [0.717, 1.165) is 29.5 Å². The zero-order chi connectivity index (χ0) is 27.6. The number of rotatable bonds is 8. The summed E-state index contributed by atoms with van der Waals surface area (Å²) in [6.07, 6.45) is 6.61. The molecular formula is C29H26FN3O4S. The van der Waals surface area contributed by atoms with Gasteiger partial charge < -0.3 is 9.88 Å². The second-order valence-corrected chi connectivity index (χ2v) is 11.3. The third-order valence-electron chi connectivity index (χ3n) is 6.28. The van der Waals surface area contributed by atoms with Crippen molar-refractivity contribution in [3.63, 3.8) is 0 Å². The minimum absolute atomic E-state index is 0.198. The maximum Gasteiger partial charge on any atom is 0.258 e. The van der Waals surface area contributed by atoms with Crippen molar-refractivity contribution in [3.8, 4) is 12.3 Å². The molecule has 0 aliphatic rings. The number of benzene rings is 3. The molecule has 0 spiro atoms. The average Bonchev–Trinajstić information content (AvgIpc) is 2.85. The Hall–Kier alpha value is -4.29. The number of terminal acetylenes is 1. The molecular weight excluding hydrogens is 505 g/mol. The smallest absolute Gasteiger partial charge is 0.258 e. The number of halogens is 1. The SMILES string of the molecule is C#CCN(Cc1cc2c(=O)[nH]c(C)nc2cc1C)c1ccc(C(=O)C(c2ccc(F)cc2)S(C)(=O)=O)cc1. The van der Waals surface area contributed by atoms with Gasteiger partial charge in [-0.2, -0.15) is 0 Å². The molecule has 1 unspecified atom stereocenters. The Labute approximate surface area is 220 Å². The van der Waals surface area contributed by atoms with Gasteiger partial charge in [0.05, 0.1) is 17.4 Å². The van der Waals surface area contributed by atoms with E-state index in [-0.39, 0.29) is 23.2 Å². The largest absolute Gasteiger partial charge is 0.356 e. The summed E-state index contributed by atoms with van der Waals surface area (Å²) >= 11 is 0. The van der Waals surface area contributed by atoms with Crippen LogP contribution in [0, 0.1) is 32.0 Å². The lowest BCUT2D eigenvalue weighted by Crippen LogP contribution is -2.24. The van der Waals surface area contributed by atoms with E-state index in [0.29, 0.717) is 29.0 Å². The number of fused-ring (bicyclic) bond motifs is 1. The van der Waals surface area contributed by atoms with Crippen LogP contribution in [0.15, 0.2) is 65.5 Å². The minimum Gasteiger partial charge on any atom is -0.356 e. The summed E-state index contributed by atoms with van der Waals surface area (Å²) in [5.74, 6) is 2.04. The molecule has 1 aromatic heterocycles. The fourth-order valence-corrected chi connectivity index (χ4v) is 5.57. The van der Waals surface area contributed by atoms with Crippen LogP contribution >= 0.6 is 0 Å². The van der Waals surface area contributed by atoms with E-state index in [4.69, 9.17) is 6.42 Å². The van der Waals surface area contributed by atoms with Crippen LogP contribution in [0.4, 0.5) is 10.1 Å². The highest BCUT2D eigenvalue weighted by Gasteiger charge is 2.31. The molecule has 9 heteroatoms. The van der Waals surface area contributed by atoms with Gasteiger partial charge in [0, 0.05) is 24.1 Å². The third kappa shape index (κ3) is 5.66. The number of Topliss-reactive ketones (excluding diaryl/α,β-unsaturated/α-hetero) is 1. The van der Waals surface area contributed by atoms with Crippen LogP contribution in [0.1, 0.15) is 38.1 Å². The zero-order valence-corrected chi connectivity index (χ0v) is 22.0. The molecule has 1 atom stereocenters. The first-order chi connectivity index (χ1) is 18.0. The van der Waals surface area contributed by atoms with Gasteiger partial charge in [-0.15, -0.1) is 6.42 Å². The highest BCUT2D eigenvalue weighted by Crippen LogP contribution is 2.28. The molecule has 4 rings (SSSR count). The molecule has 0 saturated carbocycles. The fourth-order valence-electron chi connectivity index (χ4n) is 4.40. The van der Waals surface area contributed by atoms with Crippen molar-refractivity contribution in [1.29, 1.82) is 0 Å². The van der Waals surface area contributed by atoms with E-state index in [1.54, 1.807) is 37.3 Å². The summed E-state index contributed by atoms with van der Waals surface area (Å²) < 4.78 is 38.4. The number of nitrogens with zero attached hydrogens (tertiary/aromatic N) is 2. The van der Waals surface area contributed by atoms with Gasteiger partial charge in [0.1, 0.15) is 16.9 Å². The molecule has 0 aliphatic heterocycles. The summed E-state index contributed by atoms with van der Waals surface area (Å²) in [4.78, 5) is 34.7. The van der Waals surface area contributed by atoms with E-state index >= 15 is 0 Å². The van der Waals surface area contributed by atoms with Gasteiger partial charge in [0.15, 0.2) is 15.6 Å². The van der Waals surface area contributed by atoms with Gasteiger partial charge >= 0.3 is 0 Å². The third-order valence-corrected chi connectivity index (χ3v) is 7.62. The number of hydrogen-bond acceptors (Lipinski definition) is 6. The number of H-pyrrole nitrogens is 1. The molecule has 0 bridgehead atoms. The summed E-state index contributed by atoms with van der Waals surface area (Å²) in [6, 6.07) is 15.0. The molecule has 194 valence electrons. The Balaban J connectivity index is 1.64. The van der Waals surface area contributed by atoms with Gasteiger partial charge in [-0.3, -0.25) is 9.59 Å². The van der Waals surface area contributed by atoms with Crippen molar-refractivity contribution in [2.24, 2.45) is 0 Å². The lowest BCUT2D eigenvalue weighted by molar-refractivity contribution is 0.0987. The molecule has 0 radical (unpaired) electrons. The summed E-state index contributed by atoms with van der Waals surface area (Å²) in [5, 5.41) is -0.975. The van der Waals surface area contributed by atoms with Gasteiger partial charge in [-0.05, 0) is 79.1 Å². The predicted molar refractivity (Wildman–Crippen MR) is 146 cm³/mol. The molecule has 0 fully saturated rings. The number of anilines is 1. The van der Waals surface area contributed by atoms with Crippen LogP contribution in [0.3, 0.4) is 0 Å². The number of nitrogens with one attached hydrogen (secondary N) is 1. The second kappa shape index (κ2) is 10.6. The lowest BCUT2D eigenvalue weighted by Gasteiger charge is -2.24. The maximum absolute atomic E-state index is 13.4. The van der Waals surface area contributed by atoms with Gasteiger partial charge in [-0.25, -0.2) is 17.8 Å². The number of ketones is 1. The van der Waals surface area contributed by atoms with Crippen molar-refractivity contribution in [1.82, 2.24) is 9.97 Å². The first kappa shape index (κ1) is 26.8. The quantitative estimate of drug-likeness (QED) is 0.269. The van der Waals surface area contributed by atoms with Crippen LogP contribution < -0.4 is 10.5 Å². The van der Waals surface area contributed by atoms with Crippen LogP contribution in [0.25, 0.3) is 10.9 Å². The molecule has 38 heavy (non-hydrogen) atoms. The highest BCUT2D eigenvalue weighted by atomic mass is 32.2. The average molecular weight is 532 g/mol. The van der Waals surface area contributed by atoms with Crippen LogP contribution in [0.2, 0.25) is 0 Å². The van der Waals surface area contributed by atoms with Gasteiger partial charge in [0.2, 0.25) is 0 Å². The molecule has 0 aliphatic carbocycles. The normalized spacial score (nSPS) is 12.2. The molecule has 0 amide bonds. The van der Waals surface area contributed by atoms with Crippen molar-refractivity contribution < 1.29 is 17.6 Å². The van der Waals surface area contributed by atoms with E-state index in [1.807, 2.05) is 17.9 Å². The predicted octanol–water partition coefficient (Wildman–Crippen LogP) is 4.29. The van der Waals surface area contributed by atoms with Crippen molar-refractivity contribution >= 4 is 32.2 Å². The Morgan fingerprint density at radius 3 is 2.37 bits per heavy atom. The zero-order valence-electron chi connectivity index (χ0n) is 21.2. The van der Waals surface area contributed by atoms with E-state index < -0.39 is 26.7 Å². The second-order valence-electron chi connectivity index (χ2n) is 9.18. The summed E-state index contributed by atoms with van der Waals surface area (Å²) in [6.45, 7) is 4.32. The Kier molecular flexibility index (Phi) is 7.46. The number of aromatic nitrogens is 2. The number of carbonyl (C=O) groups is 1. The molecule has 4 aromatic rings. The maximum atomic E-state index is 13.4. The summed E-state index contributed by atoms with van der Waals surface area (Å²) in [7, 11) is -3.83. The Morgan fingerprint density at radius 2 is 1.76 bits per heavy atom. The van der Waals surface area contributed by atoms with E-state index in [2.05, 4.69) is 15.9 Å². The van der Waals surface area contributed by atoms with Crippen LogP contribution in [0.5, 0.6) is 0 Å². The molecule has 1 N–H and O–H groups in total. The molecule has 7 nitrogen and oxygen atoms in total. The number of hydrogen-bond donors (Lipinski definition) is 1. The number of sulfone groups is 1. The summed E-state index contributed by atoms with van der Waals surface area (Å²) in [5.41, 5.74) is 3.33. The lowest BCUT2D eigenvalue weighted by atomic mass is 10.0. The number of aryl methyl sites for hydroxylation is 2. The van der Waals surface area contributed by atoms with Gasteiger partial charge in [-0.1, -0.05) is 18.1 Å². The highest BCUT2D eigenvalue weighted by molar-refractivity contribution is 7.91.